The van der Waals surface area contributed by atoms with Gasteiger partial charge in [0.15, 0.2) is 0 Å². The third-order valence-corrected chi connectivity index (χ3v) is 2.64. The number of carbonyl (C=O) groups is 1. The van der Waals surface area contributed by atoms with E-state index in [2.05, 4.69) is 5.32 Å². The van der Waals surface area contributed by atoms with Crippen LogP contribution in [0.3, 0.4) is 0 Å². The van der Waals surface area contributed by atoms with Crippen molar-refractivity contribution < 1.29 is 9.18 Å². The van der Waals surface area contributed by atoms with E-state index in [9.17, 15) is 9.18 Å². The average Bonchev–Trinajstić information content (AvgIpc) is 2.21. The molecule has 1 aromatic carbocycles. The largest absolute Gasteiger partial charge is 0.325 e. The van der Waals surface area contributed by atoms with Crippen LogP contribution >= 0.6 is 0 Å². The summed E-state index contributed by atoms with van der Waals surface area (Å²) in [7, 11) is 0. The Morgan fingerprint density at radius 3 is 2.47 bits per heavy atom. The summed E-state index contributed by atoms with van der Waals surface area (Å²) in [5.41, 5.74) is 6.57. The summed E-state index contributed by atoms with van der Waals surface area (Å²) >= 11 is 0. The quantitative estimate of drug-likeness (QED) is 0.831. The molecule has 4 heteroatoms. The summed E-state index contributed by atoms with van der Waals surface area (Å²) in [5.74, 6) is -0.549. The molecule has 0 heterocycles. The van der Waals surface area contributed by atoms with Gasteiger partial charge in [0.05, 0.1) is 6.04 Å². The summed E-state index contributed by atoms with van der Waals surface area (Å²) in [5, 5.41) is 2.69. The number of carbonyl (C=O) groups excluding carboxylic acids is 1. The molecule has 0 spiro atoms. The number of amides is 1. The van der Waals surface area contributed by atoms with Crippen molar-refractivity contribution in [1.82, 2.24) is 0 Å². The molecule has 17 heavy (non-hydrogen) atoms. The molecule has 0 radical (unpaired) electrons. The fourth-order valence-electron chi connectivity index (χ4n) is 1.34. The van der Waals surface area contributed by atoms with E-state index in [1.807, 2.05) is 20.8 Å². The van der Waals surface area contributed by atoms with E-state index in [0.717, 1.165) is 0 Å². The van der Waals surface area contributed by atoms with Crippen LogP contribution in [0.1, 0.15) is 26.3 Å². The Kier molecular flexibility index (Phi) is 3.88. The summed E-state index contributed by atoms with van der Waals surface area (Å²) in [4.78, 5) is 11.8. The molecule has 0 saturated carbocycles. The van der Waals surface area contributed by atoms with Gasteiger partial charge in [-0.1, -0.05) is 20.8 Å². The number of nitrogens with one attached hydrogen (secondary N) is 1. The van der Waals surface area contributed by atoms with Gasteiger partial charge in [-0.25, -0.2) is 4.39 Å². The number of hydrogen-bond acceptors (Lipinski definition) is 2. The van der Waals surface area contributed by atoms with E-state index in [1.54, 1.807) is 13.0 Å². The van der Waals surface area contributed by atoms with Crippen LogP contribution in [-0.2, 0) is 4.79 Å². The van der Waals surface area contributed by atoms with Gasteiger partial charge in [0.1, 0.15) is 5.82 Å². The van der Waals surface area contributed by atoms with Gasteiger partial charge in [-0.2, -0.15) is 0 Å². The molecule has 1 atom stereocenters. The van der Waals surface area contributed by atoms with Crippen molar-refractivity contribution in [1.29, 1.82) is 0 Å². The standard InChI is InChI=1S/C13H19FN2O/c1-8-7-9(5-6-10(8)14)16-12(17)11(15)13(2,3)4/h5-7,11H,15H2,1-4H3,(H,16,17). The molecule has 1 amide bonds. The third-order valence-electron chi connectivity index (χ3n) is 2.64. The van der Waals surface area contributed by atoms with Crippen molar-refractivity contribution in [3.63, 3.8) is 0 Å². The Morgan fingerprint density at radius 1 is 1.41 bits per heavy atom. The number of aryl methyl sites for hydroxylation is 1. The minimum Gasteiger partial charge on any atom is -0.325 e. The van der Waals surface area contributed by atoms with Crippen LogP contribution in [0.5, 0.6) is 0 Å². The monoisotopic (exact) mass is 238 g/mol. The highest BCUT2D eigenvalue weighted by Crippen LogP contribution is 2.19. The average molecular weight is 238 g/mol. The van der Waals surface area contributed by atoms with Crippen LogP contribution in [0.2, 0.25) is 0 Å². The van der Waals surface area contributed by atoms with Crippen LogP contribution in [0, 0.1) is 18.2 Å². The molecule has 0 fully saturated rings. The SMILES string of the molecule is Cc1cc(NC(=O)C(N)C(C)(C)C)ccc1F. The molecule has 1 aromatic rings. The molecule has 0 aromatic heterocycles. The van der Waals surface area contributed by atoms with Gasteiger partial charge in [0, 0.05) is 5.69 Å². The molecule has 0 aliphatic carbocycles. The number of halogens is 1. The molecular weight excluding hydrogens is 219 g/mol. The van der Waals surface area contributed by atoms with Crippen LogP contribution in [0.4, 0.5) is 10.1 Å². The topological polar surface area (TPSA) is 55.1 Å². The molecule has 3 nitrogen and oxygen atoms in total. The summed E-state index contributed by atoms with van der Waals surface area (Å²) in [6.45, 7) is 7.34. The highest BCUT2D eigenvalue weighted by atomic mass is 19.1. The lowest BCUT2D eigenvalue weighted by atomic mass is 9.87. The van der Waals surface area contributed by atoms with Gasteiger partial charge in [0.2, 0.25) is 5.91 Å². The molecule has 0 aliphatic heterocycles. The second kappa shape index (κ2) is 4.84. The van der Waals surface area contributed by atoms with E-state index in [-0.39, 0.29) is 17.1 Å². The van der Waals surface area contributed by atoms with Gasteiger partial charge in [0.25, 0.3) is 0 Å². The van der Waals surface area contributed by atoms with Crippen molar-refractivity contribution in [2.75, 3.05) is 5.32 Å². The Balaban J connectivity index is 2.78. The molecule has 1 rings (SSSR count). The van der Waals surface area contributed by atoms with Gasteiger partial charge in [-0.15, -0.1) is 0 Å². The number of rotatable bonds is 2. The van der Waals surface area contributed by atoms with Crippen LogP contribution in [0.25, 0.3) is 0 Å². The van der Waals surface area contributed by atoms with Gasteiger partial charge in [-0.3, -0.25) is 4.79 Å². The normalized spacial score (nSPS) is 13.3. The first-order valence-corrected chi connectivity index (χ1v) is 5.54. The minimum absolute atomic E-state index is 0.261. The highest BCUT2D eigenvalue weighted by molar-refractivity contribution is 5.95. The van der Waals surface area contributed by atoms with Crippen molar-refractivity contribution in [2.24, 2.45) is 11.1 Å². The second-order valence-electron chi connectivity index (χ2n) is 5.30. The third kappa shape index (κ3) is 3.53. The van der Waals surface area contributed by atoms with Crippen LogP contribution < -0.4 is 11.1 Å². The minimum atomic E-state index is -0.604. The van der Waals surface area contributed by atoms with Gasteiger partial charge in [-0.05, 0) is 36.1 Å². The van der Waals surface area contributed by atoms with Crippen molar-refractivity contribution in [3.8, 4) is 0 Å². The molecule has 3 N–H and O–H groups in total. The first-order chi connectivity index (χ1) is 7.71. The number of hydrogen-bond donors (Lipinski definition) is 2. The zero-order chi connectivity index (χ0) is 13.2. The highest BCUT2D eigenvalue weighted by Gasteiger charge is 2.27. The smallest absolute Gasteiger partial charge is 0.241 e. The molecule has 0 bridgehead atoms. The first-order valence-electron chi connectivity index (χ1n) is 5.54. The Bertz CT molecular complexity index is 424. The van der Waals surface area contributed by atoms with Crippen molar-refractivity contribution in [2.45, 2.75) is 33.7 Å². The summed E-state index contributed by atoms with van der Waals surface area (Å²) in [6, 6.07) is 3.83. The lowest BCUT2D eigenvalue weighted by Gasteiger charge is -2.25. The van der Waals surface area contributed by atoms with Crippen molar-refractivity contribution >= 4 is 11.6 Å². The summed E-state index contributed by atoms with van der Waals surface area (Å²) in [6.07, 6.45) is 0. The molecule has 0 aliphatic rings. The zero-order valence-electron chi connectivity index (χ0n) is 10.7. The Morgan fingerprint density at radius 2 is 2.00 bits per heavy atom. The lowest BCUT2D eigenvalue weighted by Crippen LogP contribution is -2.45. The zero-order valence-corrected chi connectivity index (χ0v) is 10.7. The van der Waals surface area contributed by atoms with E-state index < -0.39 is 6.04 Å². The van der Waals surface area contributed by atoms with Gasteiger partial charge < -0.3 is 11.1 Å². The maximum absolute atomic E-state index is 13.0. The number of nitrogens with two attached hydrogens (primary N) is 1. The van der Waals surface area contributed by atoms with E-state index in [1.165, 1.54) is 12.1 Å². The lowest BCUT2D eigenvalue weighted by molar-refractivity contribution is -0.119. The van der Waals surface area contributed by atoms with E-state index in [4.69, 9.17) is 5.73 Å². The molecule has 94 valence electrons. The van der Waals surface area contributed by atoms with Gasteiger partial charge >= 0.3 is 0 Å². The number of benzene rings is 1. The molecular formula is C13H19FN2O. The Hall–Kier alpha value is -1.42. The fraction of sp³-hybridized carbons (Fsp3) is 0.462. The van der Waals surface area contributed by atoms with E-state index in [0.29, 0.717) is 11.3 Å². The van der Waals surface area contributed by atoms with Crippen molar-refractivity contribution in [3.05, 3.63) is 29.6 Å². The predicted molar refractivity (Wildman–Crippen MR) is 67.2 cm³/mol. The van der Waals surface area contributed by atoms with Crippen LogP contribution in [-0.4, -0.2) is 11.9 Å². The predicted octanol–water partition coefficient (Wildman–Crippen LogP) is 2.45. The maximum Gasteiger partial charge on any atom is 0.241 e. The first kappa shape index (κ1) is 13.6. The van der Waals surface area contributed by atoms with Crippen LogP contribution in [0.15, 0.2) is 18.2 Å². The maximum atomic E-state index is 13.0. The second-order valence-corrected chi connectivity index (χ2v) is 5.30. The Labute approximate surface area is 101 Å². The van der Waals surface area contributed by atoms with E-state index >= 15 is 0 Å². The fourth-order valence-corrected chi connectivity index (χ4v) is 1.34. The number of anilines is 1. The molecule has 1 unspecified atom stereocenters. The molecule has 0 saturated heterocycles. The summed E-state index contributed by atoms with van der Waals surface area (Å²) < 4.78 is 13.0.